The van der Waals surface area contributed by atoms with Crippen molar-refractivity contribution in [3.05, 3.63) is 57.6 Å². The molecule has 0 bridgehead atoms. The van der Waals surface area contributed by atoms with Crippen molar-refractivity contribution in [3.63, 3.8) is 0 Å². The number of nitrogens with one attached hydrogen (secondary N) is 2. The second-order valence-electron chi connectivity index (χ2n) is 6.78. The van der Waals surface area contributed by atoms with E-state index in [1.54, 1.807) is 24.3 Å². The van der Waals surface area contributed by atoms with Crippen molar-refractivity contribution >= 4 is 11.5 Å². The van der Waals surface area contributed by atoms with Crippen LogP contribution in [0, 0.1) is 22.7 Å². The number of benzene rings is 1. The highest BCUT2D eigenvalue weighted by molar-refractivity contribution is 5.54. The summed E-state index contributed by atoms with van der Waals surface area (Å²) in [7, 11) is 0. The van der Waals surface area contributed by atoms with Gasteiger partial charge in [0.1, 0.15) is 17.7 Å². The lowest BCUT2D eigenvalue weighted by atomic mass is 9.90. The summed E-state index contributed by atoms with van der Waals surface area (Å²) in [5.74, 6) is 0.0678. The number of nitriles is 2. The van der Waals surface area contributed by atoms with E-state index >= 15 is 0 Å². The van der Waals surface area contributed by atoms with Crippen LogP contribution in [0.15, 0.2) is 45.4 Å². The number of aromatic nitrogens is 4. The highest BCUT2D eigenvalue weighted by Gasteiger charge is 2.24. The molecule has 0 saturated carbocycles. The molecule has 3 aromatic rings. The third-order valence-corrected chi connectivity index (χ3v) is 3.85. The van der Waals surface area contributed by atoms with Gasteiger partial charge in [-0.15, -0.1) is 10.2 Å². The monoisotopic (exact) mass is 360 g/mol. The second kappa shape index (κ2) is 6.73. The SMILES string of the molecule is CC(C)(C)c1[nH]nc(N=Nc2c(C#N)[nH]n(-c3ccccc3)c2=O)c1C#N. The van der Waals surface area contributed by atoms with E-state index in [2.05, 4.69) is 31.6 Å². The second-order valence-corrected chi connectivity index (χ2v) is 6.78. The number of rotatable bonds is 3. The number of hydrogen-bond acceptors (Lipinski definition) is 6. The Morgan fingerprint density at radius 1 is 1.11 bits per heavy atom. The number of aromatic amines is 2. The summed E-state index contributed by atoms with van der Waals surface area (Å²) in [5.41, 5.74) is 0.402. The van der Waals surface area contributed by atoms with Crippen molar-refractivity contribution in [2.75, 3.05) is 0 Å². The third-order valence-electron chi connectivity index (χ3n) is 3.85. The maximum atomic E-state index is 12.6. The molecule has 0 atom stereocenters. The van der Waals surface area contributed by atoms with Crippen molar-refractivity contribution in [2.24, 2.45) is 10.2 Å². The van der Waals surface area contributed by atoms with E-state index in [-0.39, 0.29) is 28.2 Å². The van der Waals surface area contributed by atoms with Crippen molar-refractivity contribution in [3.8, 4) is 17.8 Å². The van der Waals surface area contributed by atoms with Crippen LogP contribution in [0.25, 0.3) is 5.69 Å². The summed E-state index contributed by atoms with van der Waals surface area (Å²) in [4.78, 5) is 12.6. The largest absolute Gasteiger partial charge is 0.300 e. The maximum Gasteiger partial charge on any atom is 0.300 e. The van der Waals surface area contributed by atoms with E-state index in [0.29, 0.717) is 11.4 Å². The Kier molecular flexibility index (Phi) is 4.44. The van der Waals surface area contributed by atoms with Gasteiger partial charge >= 0.3 is 0 Å². The molecule has 134 valence electrons. The molecule has 0 aliphatic heterocycles. The molecule has 0 saturated heterocycles. The Morgan fingerprint density at radius 3 is 2.41 bits per heavy atom. The molecule has 2 heterocycles. The third kappa shape index (κ3) is 3.26. The number of hydrogen-bond donors (Lipinski definition) is 2. The number of H-pyrrole nitrogens is 2. The molecule has 27 heavy (non-hydrogen) atoms. The zero-order valence-corrected chi connectivity index (χ0v) is 15.0. The van der Waals surface area contributed by atoms with Gasteiger partial charge in [0, 0.05) is 5.41 Å². The highest BCUT2D eigenvalue weighted by Crippen LogP contribution is 2.29. The van der Waals surface area contributed by atoms with E-state index < -0.39 is 5.56 Å². The quantitative estimate of drug-likeness (QED) is 0.691. The molecule has 3 rings (SSSR count). The van der Waals surface area contributed by atoms with Crippen molar-refractivity contribution in [2.45, 2.75) is 26.2 Å². The van der Waals surface area contributed by atoms with Crippen LogP contribution < -0.4 is 5.56 Å². The molecule has 0 aliphatic rings. The Morgan fingerprint density at radius 2 is 1.81 bits per heavy atom. The van der Waals surface area contributed by atoms with Crippen LogP contribution in [0.1, 0.15) is 37.7 Å². The number of azo groups is 1. The molecule has 1 aromatic carbocycles. The first-order valence-corrected chi connectivity index (χ1v) is 8.08. The summed E-state index contributed by atoms with van der Waals surface area (Å²) >= 11 is 0. The first-order valence-electron chi connectivity index (χ1n) is 8.08. The molecule has 0 aliphatic carbocycles. The van der Waals surface area contributed by atoms with E-state index in [1.165, 1.54) is 4.68 Å². The first kappa shape index (κ1) is 17.8. The maximum absolute atomic E-state index is 12.6. The van der Waals surface area contributed by atoms with Gasteiger partial charge in [-0.05, 0) is 12.1 Å². The van der Waals surface area contributed by atoms with Crippen LogP contribution in [0.4, 0.5) is 11.5 Å². The fraction of sp³-hybridized carbons (Fsp3) is 0.222. The normalized spacial score (nSPS) is 11.4. The van der Waals surface area contributed by atoms with Gasteiger partial charge in [-0.1, -0.05) is 39.0 Å². The van der Waals surface area contributed by atoms with Gasteiger partial charge in [-0.2, -0.15) is 15.6 Å². The van der Waals surface area contributed by atoms with Gasteiger partial charge in [-0.3, -0.25) is 15.0 Å². The number of para-hydroxylation sites is 1. The van der Waals surface area contributed by atoms with Crippen LogP contribution in [-0.2, 0) is 5.41 Å². The van der Waals surface area contributed by atoms with E-state index in [9.17, 15) is 15.3 Å². The van der Waals surface area contributed by atoms with Gasteiger partial charge in [0.15, 0.2) is 11.4 Å². The fourth-order valence-electron chi connectivity index (χ4n) is 2.51. The highest BCUT2D eigenvalue weighted by atomic mass is 16.1. The molecule has 9 nitrogen and oxygen atoms in total. The minimum atomic E-state index is -0.522. The smallest absolute Gasteiger partial charge is 0.279 e. The van der Waals surface area contributed by atoms with Gasteiger partial charge in [0.05, 0.1) is 11.4 Å². The zero-order valence-electron chi connectivity index (χ0n) is 15.0. The lowest BCUT2D eigenvalue weighted by Crippen LogP contribution is -2.13. The van der Waals surface area contributed by atoms with Crippen LogP contribution in [-0.4, -0.2) is 20.0 Å². The average molecular weight is 360 g/mol. The molecule has 9 heteroatoms. The molecular weight excluding hydrogens is 344 g/mol. The van der Waals surface area contributed by atoms with Crippen molar-refractivity contribution in [1.82, 2.24) is 20.0 Å². The molecule has 0 amide bonds. The van der Waals surface area contributed by atoms with Gasteiger partial charge in [-0.25, -0.2) is 4.68 Å². The molecule has 0 fully saturated rings. The fourth-order valence-corrected chi connectivity index (χ4v) is 2.51. The summed E-state index contributed by atoms with van der Waals surface area (Å²) in [6, 6.07) is 12.8. The Labute approximate surface area is 154 Å². The lowest BCUT2D eigenvalue weighted by molar-refractivity contribution is 0.565. The molecule has 2 aromatic heterocycles. The van der Waals surface area contributed by atoms with Crippen LogP contribution >= 0.6 is 0 Å². The van der Waals surface area contributed by atoms with Gasteiger partial charge in [0.25, 0.3) is 5.56 Å². The lowest BCUT2D eigenvalue weighted by Gasteiger charge is -2.15. The van der Waals surface area contributed by atoms with Crippen molar-refractivity contribution in [1.29, 1.82) is 10.5 Å². The molecule has 0 spiro atoms. The Bertz CT molecular complexity index is 1140. The van der Waals surface area contributed by atoms with Gasteiger partial charge < -0.3 is 0 Å². The standard InChI is InChI=1S/C18H16N8O/c1-18(2,3)15-12(9-19)16(24-22-15)23-21-14-13(10-20)25-26(17(14)27)11-7-5-4-6-8-11/h4-8,25H,1-3H3,(H,22,24). The minimum Gasteiger partial charge on any atom is -0.279 e. The summed E-state index contributed by atoms with van der Waals surface area (Å²) in [5, 5.41) is 36.1. The predicted octanol–water partition coefficient (Wildman–Crippen LogP) is 3.34. The topological polar surface area (TPSA) is 139 Å². The Hall–Kier alpha value is -3.98. The number of nitrogens with zero attached hydrogens (tertiary/aromatic N) is 6. The van der Waals surface area contributed by atoms with E-state index in [4.69, 9.17) is 0 Å². The Balaban J connectivity index is 2.06. The van der Waals surface area contributed by atoms with Gasteiger partial charge in [0.2, 0.25) is 5.82 Å². The molecule has 0 unspecified atom stereocenters. The summed E-state index contributed by atoms with van der Waals surface area (Å²) in [6.45, 7) is 5.79. The average Bonchev–Trinajstić information content (AvgIpc) is 3.21. The van der Waals surface area contributed by atoms with Crippen LogP contribution in [0.5, 0.6) is 0 Å². The minimum absolute atomic E-state index is 0.0299. The van der Waals surface area contributed by atoms with E-state index in [0.717, 1.165) is 0 Å². The predicted molar refractivity (Wildman–Crippen MR) is 97.3 cm³/mol. The van der Waals surface area contributed by atoms with Crippen molar-refractivity contribution < 1.29 is 0 Å². The summed E-state index contributed by atoms with van der Waals surface area (Å²) < 4.78 is 1.21. The van der Waals surface area contributed by atoms with Crippen LogP contribution in [0.3, 0.4) is 0 Å². The first-order chi connectivity index (χ1) is 12.9. The summed E-state index contributed by atoms with van der Waals surface area (Å²) in [6.07, 6.45) is 0. The zero-order chi connectivity index (χ0) is 19.6. The van der Waals surface area contributed by atoms with Crippen LogP contribution in [0.2, 0.25) is 0 Å². The van der Waals surface area contributed by atoms with E-state index in [1.807, 2.05) is 32.9 Å². The molecule has 0 radical (unpaired) electrons. The molecule has 2 N–H and O–H groups in total. The molecular formula is C18H16N8O.